The van der Waals surface area contributed by atoms with Crippen molar-refractivity contribution in [3.05, 3.63) is 47.5 Å². The molecule has 132 valence electrons. The smallest absolute Gasteiger partial charge is 0.151 e. The van der Waals surface area contributed by atoms with Crippen molar-refractivity contribution in [2.45, 2.75) is 6.92 Å². The lowest BCUT2D eigenvalue weighted by Crippen LogP contribution is -2.48. The molecule has 4 nitrogen and oxygen atoms in total. The van der Waals surface area contributed by atoms with Gasteiger partial charge in [0.15, 0.2) is 11.5 Å². The fourth-order valence-corrected chi connectivity index (χ4v) is 3.78. The summed E-state index contributed by atoms with van der Waals surface area (Å²) >= 11 is 6.25. The highest BCUT2D eigenvalue weighted by atomic mass is 35.5. The van der Waals surface area contributed by atoms with E-state index in [0.717, 1.165) is 60.6 Å². The van der Waals surface area contributed by atoms with E-state index in [-0.39, 0.29) is 0 Å². The third kappa shape index (κ3) is 3.47. The number of ether oxygens (including phenoxy) is 1. The molecule has 0 amide bonds. The number of fused-ring (bicyclic) bond motifs is 2. The summed E-state index contributed by atoms with van der Waals surface area (Å²) in [4.78, 5) is 7.40. The van der Waals surface area contributed by atoms with Crippen LogP contribution in [0.2, 0.25) is 5.02 Å². The van der Waals surface area contributed by atoms with Crippen LogP contribution < -0.4 is 9.64 Å². The Kier molecular flexibility index (Phi) is 4.84. The summed E-state index contributed by atoms with van der Waals surface area (Å²) in [6.07, 6.45) is 0. The van der Waals surface area contributed by atoms with Crippen molar-refractivity contribution in [2.24, 2.45) is 0 Å². The third-order valence-corrected chi connectivity index (χ3v) is 5.37. The number of anilines is 2. The molecule has 5 heteroatoms. The van der Waals surface area contributed by atoms with Gasteiger partial charge in [-0.05, 0) is 36.9 Å². The zero-order chi connectivity index (χ0) is 17.2. The Morgan fingerprint density at radius 2 is 1.60 bits per heavy atom. The van der Waals surface area contributed by atoms with Crippen LogP contribution in [-0.2, 0) is 0 Å². The van der Waals surface area contributed by atoms with Crippen LogP contribution in [0.3, 0.4) is 0 Å². The largest absolute Gasteiger partial charge is 0.453 e. The van der Waals surface area contributed by atoms with Crippen molar-refractivity contribution in [1.82, 2.24) is 9.80 Å². The number of halogens is 1. The Morgan fingerprint density at radius 3 is 2.40 bits per heavy atom. The average Bonchev–Trinajstić information content (AvgIpc) is 2.66. The lowest BCUT2D eigenvalue weighted by Gasteiger charge is -2.37. The number of para-hydroxylation sites is 2. The lowest BCUT2D eigenvalue weighted by atomic mass is 10.1. The number of hydrogen-bond donors (Lipinski definition) is 0. The first kappa shape index (κ1) is 16.7. The molecular formula is C20H24ClN3O. The van der Waals surface area contributed by atoms with Crippen LogP contribution >= 0.6 is 11.6 Å². The first-order valence-corrected chi connectivity index (χ1v) is 9.41. The summed E-state index contributed by atoms with van der Waals surface area (Å²) in [5.41, 5.74) is 2.17. The first-order valence-electron chi connectivity index (χ1n) is 9.03. The van der Waals surface area contributed by atoms with E-state index in [2.05, 4.69) is 33.8 Å². The van der Waals surface area contributed by atoms with Crippen molar-refractivity contribution in [2.75, 3.05) is 50.7 Å². The summed E-state index contributed by atoms with van der Waals surface area (Å²) in [6, 6.07) is 14.1. The van der Waals surface area contributed by atoms with Crippen LogP contribution in [0, 0.1) is 0 Å². The molecule has 2 aliphatic heterocycles. The normalized spacial score (nSPS) is 17.8. The summed E-state index contributed by atoms with van der Waals surface area (Å²) in [6.45, 7) is 9.97. The van der Waals surface area contributed by atoms with Gasteiger partial charge in [-0.3, -0.25) is 4.90 Å². The van der Waals surface area contributed by atoms with Crippen LogP contribution in [0.5, 0.6) is 11.5 Å². The summed E-state index contributed by atoms with van der Waals surface area (Å²) in [7, 11) is 0. The van der Waals surface area contributed by atoms with Gasteiger partial charge in [0.25, 0.3) is 0 Å². The number of benzene rings is 2. The number of hydrogen-bond acceptors (Lipinski definition) is 4. The number of nitrogens with zero attached hydrogens (tertiary/aromatic N) is 3. The minimum absolute atomic E-state index is 0.739. The van der Waals surface area contributed by atoms with Gasteiger partial charge in [0.05, 0.1) is 11.4 Å². The summed E-state index contributed by atoms with van der Waals surface area (Å²) in [5.74, 6) is 1.78. The Balaban J connectivity index is 1.53. The fraction of sp³-hybridized carbons (Fsp3) is 0.400. The molecule has 0 unspecified atom stereocenters. The van der Waals surface area contributed by atoms with Gasteiger partial charge in [0, 0.05) is 44.3 Å². The number of likely N-dealkylation sites (N-methyl/N-ethyl adjacent to an activating group) is 1. The molecule has 4 rings (SSSR count). The number of rotatable bonds is 4. The molecule has 25 heavy (non-hydrogen) atoms. The van der Waals surface area contributed by atoms with Gasteiger partial charge < -0.3 is 14.5 Å². The molecular weight excluding hydrogens is 334 g/mol. The van der Waals surface area contributed by atoms with Crippen LogP contribution in [-0.4, -0.2) is 55.6 Å². The zero-order valence-electron chi connectivity index (χ0n) is 14.6. The van der Waals surface area contributed by atoms with Gasteiger partial charge >= 0.3 is 0 Å². The van der Waals surface area contributed by atoms with E-state index in [4.69, 9.17) is 16.3 Å². The Bertz CT molecular complexity index is 743. The molecule has 0 spiro atoms. The molecule has 0 atom stereocenters. The highest BCUT2D eigenvalue weighted by Crippen LogP contribution is 2.47. The Labute approximate surface area is 154 Å². The molecule has 1 fully saturated rings. The van der Waals surface area contributed by atoms with Crippen molar-refractivity contribution in [3.8, 4) is 11.5 Å². The molecule has 0 radical (unpaired) electrons. The summed E-state index contributed by atoms with van der Waals surface area (Å²) in [5, 5.41) is 0.739. The molecule has 0 aromatic heterocycles. The quantitative estimate of drug-likeness (QED) is 0.815. The molecule has 0 aliphatic carbocycles. The molecule has 1 saturated heterocycles. The summed E-state index contributed by atoms with van der Waals surface area (Å²) < 4.78 is 6.06. The van der Waals surface area contributed by atoms with Gasteiger partial charge in [-0.2, -0.15) is 0 Å². The third-order valence-electron chi connectivity index (χ3n) is 5.14. The minimum atomic E-state index is 0.739. The molecule has 2 aliphatic rings. The second-order valence-corrected chi connectivity index (χ2v) is 7.05. The minimum Gasteiger partial charge on any atom is -0.453 e. The van der Waals surface area contributed by atoms with Crippen LogP contribution in [0.1, 0.15) is 6.92 Å². The molecule has 2 aromatic rings. The highest BCUT2D eigenvalue weighted by molar-refractivity contribution is 6.31. The number of piperazine rings is 1. The SMILES string of the molecule is CCN1CCN(CCN2c3ccccc3Oc3ccc(Cl)cc32)CC1. The topological polar surface area (TPSA) is 19.0 Å². The van der Waals surface area contributed by atoms with Gasteiger partial charge in [-0.1, -0.05) is 30.7 Å². The van der Waals surface area contributed by atoms with Gasteiger partial charge in [-0.15, -0.1) is 0 Å². The van der Waals surface area contributed by atoms with Crippen LogP contribution in [0.4, 0.5) is 11.4 Å². The Hall–Kier alpha value is -1.75. The maximum absolute atomic E-state index is 6.25. The zero-order valence-corrected chi connectivity index (χ0v) is 15.4. The van der Waals surface area contributed by atoms with E-state index in [1.807, 2.05) is 30.3 Å². The molecule has 0 N–H and O–H groups in total. The van der Waals surface area contributed by atoms with E-state index >= 15 is 0 Å². The first-order chi connectivity index (χ1) is 12.2. The highest BCUT2D eigenvalue weighted by Gasteiger charge is 2.25. The maximum atomic E-state index is 6.25. The predicted molar refractivity (Wildman–Crippen MR) is 104 cm³/mol. The molecule has 0 saturated carbocycles. The maximum Gasteiger partial charge on any atom is 0.151 e. The van der Waals surface area contributed by atoms with Crippen molar-refractivity contribution < 1.29 is 4.74 Å². The molecule has 2 aromatic carbocycles. The van der Waals surface area contributed by atoms with Gasteiger partial charge in [-0.25, -0.2) is 0 Å². The van der Waals surface area contributed by atoms with E-state index in [1.165, 1.54) is 13.1 Å². The molecule has 2 heterocycles. The van der Waals surface area contributed by atoms with Gasteiger partial charge in [0.1, 0.15) is 0 Å². The predicted octanol–water partition coefficient (Wildman–Crippen LogP) is 4.22. The van der Waals surface area contributed by atoms with E-state index in [1.54, 1.807) is 0 Å². The van der Waals surface area contributed by atoms with E-state index in [9.17, 15) is 0 Å². The van der Waals surface area contributed by atoms with Crippen LogP contribution in [0.15, 0.2) is 42.5 Å². The fourth-order valence-electron chi connectivity index (χ4n) is 3.61. The van der Waals surface area contributed by atoms with Crippen molar-refractivity contribution in [1.29, 1.82) is 0 Å². The van der Waals surface area contributed by atoms with E-state index < -0.39 is 0 Å². The van der Waals surface area contributed by atoms with E-state index in [0.29, 0.717) is 0 Å². The monoisotopic (exact) mass is 357 g/mol. The van der Waals surface area contributed by atoms with Crippen LogP contribution in [0.25, 0.3) is 0 Å². The lowest BCUT2D eigenvalue weighted by molar-refractivity contribution is 0.140. The van der Waals surface area contributed by atoms with Crippen molar-refractivity contribution in [3.63, 3.8) is 0 Å². The van der Waals surface area contributed by atoms with Gasteiger partial charge in [0.2, 0.25) is 0 Å². The standard InChI is InChI=1S/C20H24ClN3O/c1-2-22-9-11-23(12-10-22)13-14-24-17-5-3-4-6-19(17)25-20-8-7-16(21)15-18(20)24/h3-8,15H,2,9-14H2,1H3. The molecule has 0 bridgehead atoms. The second-order valence-electron chi connectivity index (χ2n) is 6.61. The average molecular weight is 358 g/mol. The second kappa shape index (κ2) is 7.24. The van der Waals surface area contributed by atoms with Crippen molar-refractivity contribution >= 4 is 23.0 Å². The Morgan fingerprint density at radius 1 is 0.880 bits per heavy atom.